The Balaban J connectivity index is 2.09. The van der Waals surface area contributed by atoms with Crippen LogP contribution in [0.15, 0.2) is 10.8 Å². The summed E-state index contributed by atoms with van der Waals surface area (Å²) < 4.78 is 11.0. The van der Waals surface area contributed by atoms with E-state index < -0.39 is 0 Å². The van der Waals surface area contributed by atoms with Crippen molar-refractivity contribution in [1.29, 1.82) is 0 Å². The Hall–Kier alpha value is -0.870. The van der Waals surface area contributed by atoms with Crippen LogP contribution in [-0.4, -0.2) is 24.2 Å². The summed E-state index contributed by atoms with van der Waals surface area (Å²) in [5, 5.41) is 3.27. The van der Waals surface area contributed by atoms with E-state index in [0.717, 1.165) is 37.6 Å². The third-order valence-electron chi connectivity index (χ3n) is 2.93. The summed E-state index contributed by atoms with van der Waals surface area (Å²) in [6.07, 6.45) is 2.82. The van der Waals surface area contributed by atoms with Gasteiger partial charge in [-0.25, -0.2) is 4.98 Å². The maximum Gasteiger partial charge on any atom is 0.181 e. The van der Waals surface area contributed by atoms with Gasteiger partial charge in [-0.2, -0.15) is 0 Å². The lowest BCUT2D eigenvalue weighted by Crippen LogP contribution is -2.16. The first-order valence-corrected chi connectivity index (χ1v) is 5.57. The van der Waals surface area contributed by atoms with Crippen LogP contribution >= 0.6 is 0 Å². The molecule has 1 aliphatic heterocycles. The highest BCUT2D eigenvalue weighted by atomic mass is 16.5. The number of rotatable bonds is 4. The van der Waals surface area contributed by atoms with Gasteiger partial charge in [0.15, 0.2) is 6.39 Å². The van der Waals surface area contributed by atoms with Crippen LogP contribution in [-0.2, 0) is 11.3 Å². The normalized spacial score (nSPS) is 26.0. The third kappa shape index (κ3) is 2.21. The van der Waals surface area contributed by atoms with E-state index in [-0.39, 0.29) is 6.10 Å². The quantitative estimate of drug-likeness (QED) is 0.821. The van der Waals surface area contributed by atoms with Crippen molar-refractivity contribution in [3.63, 3.8) is 0 Å². The smallest absolute Gasteiger partial charge is 0.181 e. The van der Waals surface area contributed by atoms with Gasteiger partial charge in [0.05, 0.1) is 11.8 Å². The first kappa shape index (κ1) is 10.6. The highest BCUT2D eigenvalue weighted by Crippen LogP contribution is 2.32. The van der Waals surface area contributed by atoms with Gasteiger partial charge in [0.1, 0.15) is 5.76 Å². The van der Waals surface area contributed by atoms with E-state index in [1.165, 1.54) is 6.39 Å². The van der Waals surface area contributed by atoms with Crippen LogP contribution in [0.3, 0.4) is 0 Å². The molecular weight excluding hydrogens is 192 g/mol. The van der Waals surface area contributed by atoms with Crippen LogP contribution < -0.4 is 5.32 Å². The second-order valence-corrected chi connectivity index (χ2v) is 3.91. The van der Waals surface area contributed by atoms with Crippen molar-refractivity contribution in [3.8, 4) is 0 Å². The lowest BCUT2D eigenvalue weighted by molar-refractivity contribution is 0.115. The molecule has 1 aromatic rings. The second-order valence-electron chi connectivity index (χ2n) is 3.91. The Bertz CT molecular complexity index is 311. The molecule has 2 rings (SSSR count). The molecular formula is C11H18N2O2. The molecule has 4 heteroatoms. The maximum atomic E-state index is 5.54. The molecule has 0 aliphatic carbocycles. The topological polar surface area (TPSA) is 47.3 Å². The number of aromatic nitrogens is 1. The molecule has 0 radical (unpaired) electrons. The minimum Gasteiger partial charge on any atom is -0.448 e. The van der Waals surface area contributed by atoms with Crippen molar-refractivity contribution in [2.75, 3.05) is 13.2 Å². The summed E-state index contributed by atoms with van der Waals surface area (Å²) in [7, 11) is 0. The molecule has 0 amide bonds. The fraction of sp³-hybridized carbons (Fsp3) is 0.727. The Kier molecular flexibility index (Phi) is 3.38. The fourth-order valence-electron chi connectivity index (χ4n) is 2.03. The molecule has 0 bridgehead atoms. The average molecular weight is 210 g/mol. The number of nitrogens with zero attached hydrogens (tertiary/aromatic N) is 1. The van der Waals surface area contributed by atoms with E-state index in [0.29, 0.717) is 5.92 Å². The van der Waals surface area contributed by atoms with E-state index in [1.54, 1.807) is 0 Å². The van der Waals surface area contributed by atoms with Gasteiger partial charge in [0.2, 0.25) is 0 Å². The lowest BCUT2D eigenvalue weighted by Gasteiger charge is -2.12. The molecule has 4 nitrogen and oxygen atoms in total. The summed E-state index contributed by atoms with van der Waals surface area (Å²) in [6, 6.07) is 0. The summed E-state index contributed by atoms with van der Waals surface area (Å²) in [4.78, 5) is 4.25. The molecule has 0 saturated carbocycles. The number of hydrogen-bond donors (Lipinski definition) is 1. The zero-order valence-electron chi connectivity index (χ0n) is 9.32. The minimum atomic E-state index is 0.248. The summed E-state index contributed by atoms with van der Waals surface area (Å²) in [6.45, 7) is 6.74. The number of nitrogens with one attached hydrogen (secondary N) is 1. The van der Waals surface area contributed by atoms with Crippen LogP contribution in [0.25, 0.3) is 0 Å². The fourth-order valence-corrected chi connectivity index (χ4v) is 2.03. The summed E-state index contributed by atoms with van der Waals surface area (Å²) >= 11 is 0. The molecule has 0 aromatic carbocycles. The Morgan fingerprint density at radius 2 is 2.47 bits per heavy atom. The first-order valence-electron chi connectivity index (χ1n) is 5.57. The van der Waals surface area contributed by atoms with Gasteiger partial charge >= 0.3 is 0 Å². The van der Waals surface area contributed by atoms with Gasteiger partial charge in [0, 0.05) is 19.1 Å². The predicted octanol–water partition coefficient (Wildman–Crippen LogP) is 1.68. The Morgan fingerprint density at radius 1 is 1.60 bits per heavy atom. The van der Waals surface area contributed by atoms with Gasteiger partial charge in [-0.05, 0) is 19.9 Å². The number of oxazole rings is 1. The van der Waals surface area contributed by atoms with Gasteiger partial charge in [0.25, 0.3) is 0 Å². The van der Waals surface area contributed by atoms with Gasteiger partial charge in [-0.1, -0.05) is 6.92 Å². The Labute approximate surface area is 90.0 Å². The third-order valence-corrected chi connectivity index (χ3v) is 2.93. The monoisotopic (exact) mass is 210 g/mol. The molecule has 1 N–H and O–H groups in total. The Morgan fingerprint density at radius 3 is 3.13 bits per heavy atom. The van der Waals surface area contributed by atoms with E-state index in [9.17, 15) is 0 Å². The van der Waals surface area contributed by atoms with E-state index >= 15 is 0 Å². The largest absolute Gasteiger partial charge is 0.448 e. The summed E-state index contributed by atoms with van der Waals surface area (Å²) in [5.41, 5.74) is 1.03. The van der Waals surface area contributed by atoms with Crippen molar-refractivity contribution < 1.29 is 9.15 Å². The predicted molar refractivity (Wildman–Crippen MR) is 56.7 cm³/mol. The molecule has 2 heterocycles. The molecule has 2 unspecified atom stereocenters. The molecule has 1 fully saturated rings. The van der Waals surface area contributed by atoms with E-state index in [2.05, 4.69) is 24.1 Å². The van der Waals surface area contributed by atoms with Crippen LogP contribution in [0.1, 0.15) is 37.6 Å². The van der Waals surface area contributed by atoms with Crippen molar-refractivity contribution >= 4 is 0 Å². The lowest BCUT2D eigenvalue weighted by atomic mass is 9.98. The van der Waals surface area contributed by atoms with Gasteiger partial charge < -0.3 is 14.5 Å². The molecule has 1 aliphatic rings. The molecule has 15 heavy (non-hydrogen) atoms. The van der Waals surface area contributed by atoms with E-state index in [4.69, 9.17) is 9.15 Å². The SMILES string of the molecule is CCNCc1ncoc1C1CCOC1C. The second kappa shape index (κ2) is 4.77. The maximum absolute atomic E-state index is 5.54. The van der Waals surface area contributed by atoms with Crippen molar-refractivity contribution in [3.05, 3.63) is 17.8 Å². The van der Waals surface area contributed by atoms with Gasteiger partial charge in [-0.3, -0.25) is 0 Å². The van der Waals surface area contributed by atoms with E-state index in [1.807, 2.05) is 0 Å². The number of ether oxygens (including phenoxy) is 1. The van der Waals surface area contributed by atoms with Crippen LogP contribution in [0.2, 0.25) is 0 Å². The van der Waals surface area contributed by atoms with Crippen molar-refractivity contribution in [2.45, 2.75) is 38.8 Å². The minimum absolute atomic E-state index is 0.248. The average Bonchev–Trinajstić information content (AvgIpc) is 2.82. The zero-order valence-corrected chi connectivity index (χ0v) is 9.32. The van der Waals surface area contributed by atoms with Crippen LogP contribution in [0, 0.1) is 0 Å². The molecule has 1 saturated heterocycles. The van der Waals surface area contributed by atoms with Crippen molar-refractivity contribution in [2.24, 2.45) is 0 Å². The van der Waals surface area contributed by atoms with Gasteiger partial charge in [-0.15, -0.1) is 0 Å². The summed E-state index contributed by atoms with van der Waals surface area (Å²) in [5.74, 6) is 1.38. The molecule has 0 spiro atoms. The van der Waals surface area contributed by atoms with Crippen molar-refractivity contribution in [1.82, 2.24) is 10.3 Å². The zero-order chi connectivity index (χ0) is 10.7. The van der Waals surface area contributed by atoms with Crippen LogP contribution in [0.5, 0.6) is 0 Å². The first-order chi connectivity index (χ1) is 7.33. The molecule has 84 valence electrons. The molecule has 2 atom stereocenters. The highest BCUT2D eigenvalue weighted by Gasteiger charge is 2.30. The number of hydrogen-bond acceptors (Lipinski definition) is 4. The standard InChI is InChI=1S/C11H18N2O2/c1-3-12-6-10-11(15-7-13-10)9-4-5-14-8(9)2/h7-9,12H,3-6H2,1-2H3. The highest BCUT2D eigenvalue weighted by molar-refractivity contribution is 5.15. The van der Waals surface area contributed by atoms with Crippen LogP contribution in [0.4, 0.5) is 0 Å². The molecule has 1 aromatic heterocycles.